The van der Waals surface area contributed by atoms with Crippen molar-refractivity contribution in [2.45, 2.75) is 13.5 Å². The maximum absolute atomic E-state index is 5.87. The summed E-state index contributed by atoms with van der Waals surface area (Å²) < 4.78 is 22.5. The molecule has 1 N–H and O–H groups in total. The van der Waals surface area contributed by atoms with Crippen LogP contribution in [-0.4, -0.2) is 31.9 Å². The summed E-state index contributed by atoms with van der Waals surface area (Å²) in [5.74, 6) is 3.75. The highest BCUT2D eigenvalue weighted by atomic mass is 16.5. The SMILES string of the molecule is CCOc1cc(CNc2ccccn2)ccc1OCCOc1cccc(OC)c1. The highest BCUT2D eigenvalue weighted by molar-refractivity contribution is 5.44. The summed E-state index contributed by atoms with van der Waals surface area (Å²) in [6.07, 6.45) is 1.76. The van der Waals surface area contributed by atoms with Crippen LogP contribution < -0.4 is 24.3 Å². The van der Waals surface area contributed by atoms with Gasteiger partial charge in [0.05, 0.1) is 13.7 Å². The first kappa shape index (κ1) is 20.3. The third kappa shape index (κ3) is 6.31. The van der Waals surface area contributed by atoms with Crippen LogP contribution in [0.25, 0.3) is 0 Å². The van der Waals surface area contributed by atoms with Gasteiger partial charge in [0.2, 0.25) is 0 Å². The molecule has 0 aliphatic rings. The molecule has 0 fully saturated rings. The molecule has 6 nitrogen and oxygen atoms in total. The first-order valence-corrected chi connectivity index (χ1v) is 9.58. The van der Waals surface area contributed by atoms with Crippen molar-refractivity contribution in [3.8, 4) is 23.0 Å². The Balaban J connectivity index is 1.53. The number of hydrogen-bond donors (Lipinski definition) is 1. The van der Waals surface area contributed by atoms with E-state index in [1.165, 1.54) is 0 Å². The molecule has 0 saturated carbocycles. The van der Waals surface area contributed by atoms with Gasteiger partial charge in [0.1, 0.15) is 30.5 Å². The molecule has 6 heteroatoms. The summed E-state index contributed by atoms with van der Waals surface area (Å²) in [6, 6.07) is 19.2. The third-order valence-electron chi connectivity index (χ3n) is 4.10. The molecule has 0 atom stereocenters. The number of benzene rings is 2. The Hall–Kier alpha value is -3.41. The second-order valence-electron chi connectivity index (χ2n) is 6.16. The van der Waals surface area contributed by atoms with E-state index in [4.69, 9.17) is 18.9 Å². The fourth-order valence-electron chi connectivity index (χ4n) is 2.71. The van der Waals surface area contributed by atoms with Crippen molar-refractivity contribution in [2.75, 3.05) is 32.2 Å². The van der Waals surface area contributed by atoms with E-state index in [0.29, 0.717) is 37.9 Å². The van der Waals surface area contributed by atoms with Crippen LogP contribution in [0, 0.1) is 0 Å². The van der Waals surface area contributed by atoms with Gasteiger partial charge in [-0.3, -0.25) is 0 Å². The second kappa shape index (κ2) is 10.8. The fraction of sp³-hybridized carbons (Fsp3) is 0.261. The number of methoxy groups -OCH3 is 1. The lowest BCUT2D eigenvalue weighted by molar-refractivity contribution is 0.208. The molecule has 3 aromatic rings. The van der Waals surface area contributed by atoms with Gasteiger partial charge in [-0.2, -0.15) is 0 Å². The minimum absolute atomic E-state index is 0.406. The third-order valence-corrected chi connectivity index (χ3v) is 4.10. The largest absolute Gasteiger partial charge is 0.497 e. The van der Waals surface area contributed by atoms with Crippen LogP contribution in [-0.2, 0) is 6.54 Å². The van der Waals surface area contributed by atoms with Gasteiger partial charge in [-0.05, 0) is 48.9 Å². The standard InChI is InChI=1S/C23H26N2O4/c1-3-27-22-15-18(17-25-23-9-4-5-12-24-23)10-11-21(22)29-14-13-28-20-8-6-7-19(16-20)26-2/h4-12,15-16H,3,13-14,17H2,1-2H3,(H,24,25). The van der Waals surface area contributed by atoms with Crippen molar-refractivity contribution in [2.24, 2.45) is 0 Å². The minimum Gasteiger partial charge on any atom is -0.497 e. The van der Waals surface area contributed by atoms with Crippen molar-refractivity contribution in [1.82, 2.24) is 4.98 Å². The Morgan fingerprint density at radius 2 is 1.69 bits per heavy atom. The number of ether oxygens (including phenoxy) is 4. The molecule has 29 heavy (non-hydrogen) atoms. The Labute approximate surface area is 171 Å². The molecule has 3 rings (SSSR count). The Morgan fingerprint density at radius 3 is 2.48 bits per heavy atom. The smallest absolute Gasteiger partial charge is 0.161 e. The van der Waals surface area contributed by atoms with E-state index < -0.39 is 0 Å². The molecule has 2 aromatic carbocycles. The Morgan fingerprint density at radius 1 is 0.828 bits per heavy atom. The monoisotopic (exact) mass is 394 g/mol. The molecule has 0 aliphatic heterocycles. The number of aromatic nitrogens is 1. The molecule has 0 spiro atoms. The van der Waals surface area contributed by atoms with E-state index in [1.807, 2.05) is 67.6 Å². The van der Waals surface area contributed by atoms with Crippen LogP contribution in [0.3, 0.4) is 0 Å². The van der Waals surface area contributed by atoms with E-state index >= 15 is 0 Å². The summed E-state index contributed by atoms with van der Waals surface area (Å²) >= 11 is 0. The predicted molar refractivity (Wildman–Crippen MR) is 113 cm³/mol. The van der Waals surface area contributed by atoms with E-state index in [-0.39, 0.29) is 0 Å². The van der Waals surface area contributed by atoms with E-state index in [9.17, 15) is 0 Å². The van der Waals surface area contributed by atoms with Gasteiger partial charge in [-0.1, -0.05) is 18.2 Å². The molecule has 0 unspecified atom stereocenters. The molecule has 0 amide bonds. The lowest BCUT2D eigenvalue weighted by Crippen LogP contribution is -2.10. The quantitative estimate of drug-likeness (QED) is 0.481. The van der Waals surface area contributed by atoms with Crippen LogP contribution in [0.15, 0.2) is 66.9 Å². The molecule has 0 radical (unpaired) electrons. The first-order valence-electron chi connectivity index (χ1n) is 9.58. The highest BCUT2D eigenvalue weighted by Gasteiger charge is 2.07. The van der Waals surface area contributed by atoms with Gasteiger partial charge in [0.25, 0.3) is 0 Å². The summed E-state index contributed by atoms with van der Waals surface area (Å²) in [5, 5.41) is 3.29. The van der Waals surface area contributed by atoms with Gasteiger partial charge in [0, 0.05) is 18.8 Å². The van der Waals surface area contributed by atoms with Crippen molar-refractivity contribution in [3.05, 3.63) is 72.4 Å². The summed E-state index contributed by atoms with van der Waals surface area (Å²) in [7, 11) is 1.63. The molecule has 0 aliphatic carbocycles. The fourth-order valence-corrected chi connectivity index (χ4v) is 2.71. The average molecular weight is 394 g/mol. The molecule has 1 heterocycles. The number of rotatable bonds is 11. The van der Waals surface area contributed by atoms with Crippen molar-refractivity contribution in [3.63, 3.8) is 0 Å². The van der Waals surface area contributed by atoms with Gasteiger partial charge >= 0.3 is 0 Å². The summed E-state index contributed by atoms with van der Waals surface area (Å²) in [6.45, 7) is 3.99. The topological polar surface area (TPSA) is 61.8 Å². The van der Waals surface area contributed by atoms with Crippen LogP contribution in [0.5, 0.6) is 23.0 Å². The molecular formula is C23H26N2O4. The molecule has 0 bridgehead atoms. The number of pyridine rings is 1. The van der Waals surface area contributed by atoms with Crippen LogP contribution in [0.2, 0.25) is 0 Å². The first-order chi connectivity index (χ1) is 14.3. The molecule has 0 saturated heterocycles. The van der Waals surface area contributed by atoms with E-state index in [2.05, 4.69) is 10.3 Å². The normalized spacial score (nSPS) is 10.3. The highest BCUT2D eigenvalue weighted by Crippen LogP contribution is 2.29. The number of hydrogen-bond acceptors (Lipinski definition) is 6. The number of anilines is 1. The van der Waals surface area contributed by atoms with Gasteiger partial charge < -0.3 is 24.3 Å². The maximum atomic E-state index is 5.87. The van der Waals surface area contributed by atoms with E-state index in [1.54, 1.807) is 13.3 Å². The summed E-state index contributed by atoms with van der Waals surface area (Å²) in [5.41, 5.74) is 1.08. The van der Waals surface area contributed by atoms with Crippen molar-refractivity contribution in [1.29, 1.82) is 0 Å². The van der Waals surface area contributed by atoms with Gasteiger partial charge in [-0.25, -0.2) is 4.98 Å². The lowest BCUT2D eigenvalue weighted by Gasteiger charge is -2.14. The molecular weight excluding hydrogens is 368 g/mol. The second-order valence-corrected chi connectivity index (χ2v) is 6.16. The van der Waals surface area contributed by atoms with Crippen LogP contribution >= 0.6 is 0 Å². The minimum atomic E-state index is 0.406. The van der Waals surface area contributed by atoms with Crippen LogP contribution in [0.1, 0.15) is 12.5 Å². The predicted octanol–water partition coefficient (Wildman–Crippen LogP) is 4.56. The van der Waals surface area contributed by atoms with E-state index in [0.717, 1.165) is 22.9 Å². The zero-order valence-corrected chi connectivity index (χ0v) is 16.8. The van der Waals surface area contributed by atoms with Crippen molar-refractivity contribution >= 4 is 5.82 Å². The molecule has 152 valence electrons. The van der Waals surface area contributed by atoms with Crippen molar-refractivity contribution < 1.29 is 18.9 Å². The number of nitrogens with zero attached hydrogens (tertiary/aromatic N) is 1. The summed E-state index contributed by atoms with van der Waals surface area (Å²) in [4.78, 5) is 4.27. The van der Waals surface area contributed by atoms with Gasteiger partial charge in [-0.15, -0.1) is 0 Å². The Bertz CT molecular complexity index is 887. The van der Waals surface area contributed by atoms with Gasteiger partial charge in [0.15, 0.2) is 11.5 Å². The average Bonchev–Trinajstić information content (AvgIpc) is 2.77. The zero-order chi connectivity index (χ0) is 20.3. The zero-order valence-electron chi connectivity index (χ0n) is 16.8. The number of nitrogens with one attached hydrogen (secondary N) is 1. The Kier molecular flexibility index (Phi) is 7.57. The lowest BCUT2D eigenvalue weighted by atomic mass is 10.2. The maximum Gasteiger partial charge on any atom is 0.161 e. The molecule has 1 aromatic heterocycles. The van der Waals surface area contributed by atoms with Crippen LogP contribution in [0.4, 0.5) is 5.82 Å².